The zero-order valence-corrected chi connectivity index (χ0v) is 14.8. The van der Waals surface area contributed by atoms with Gasteiger partial charge in [0.05, 0.1) is 0 Å². The van der Waals surface area contributed by atoms with Gasteiger partial charge in [-0.05, 0) is 80.6 Å². The van der Waals surface area contributed by atoms with Gasteiger partial charge in [0, 0.05) is 6.08 Å². The predicted octanol–water partition coefficient (Wildman–Crippen LogP) is 5.75. The fourth-order valence-electron chi connectivity index (χ4n) is 3.75. The molecule has 2 aliphatic carbocycles. The Kier molecular flexibility index (Phi) is 5.46. The summed E-state index contributed by atoms with van der Waals surface area (Å²) in [5, 5.41) is 8.72. The minimum Gasteiger partial charge on any atom is -0.478 e. The molecule has 2 nitrogen and oxygen atoms in total. The SMILES string of the molecule is CC1=C2C=C(\C(C)=C/C=C/C(C)=C/C(=O)O)CCC2(C)CCC1. The Bertz CT molecular complexity index is 641. The van der Waals surface area contributed by atoms with Crippen molar-refractivity contribution in [3.05, 3.63) is 58.2 Å². The molecule has 2 rings (SSSR count). The summed E-state index contributed by atoms with van der Waals surface area (Å²) >= 11 is 0. The summed E-state index contributed by atoms with van der Waals surface area (Å²) in [6.07, 6.45) is 15.7. The van der Waals surface area contributed by atoms with Crippen LogP contribution in [0, 0.1) is 5.41 Å². The minimum absolute atomic E-state index is 0.378. The van der Waals surface area contributed by atoms with Crippen LogP contribution in [0.15, 0.2) is 58.2 Å². The highest BCUT2D eigenvalue weighted by Crippen LogP contribution is 2.49. The fraction of sp³-hybridized carbons (Fsp3) is 0.476. The van der Waals surface area contributed by atoms with E-state index in [9.17, 15) is 4.79 Å². The third kappa shape index (κ3) is 4.34. The highest BCUT2D eigenvalue weighted by Gasteiger charge is 2.34. The van der Waals surface area contributed by atoms with E-state index >= 15 is 0 Å². The van der Waals surface area contributed by atoms with Crippen LogP contribution in [0.5, 0.6) is 0 Å². The summed E-state index contributed by atoms with van der Waals surface area (Å²) in [4.78, 5) is 10.6. The molecule has 0 fully saturated rings. The van der Waals surface area contributed by atoms with Gasteiger partial charge in [-0.25, -0.2) is 4.79 Å². The topological polar surface area (TPSA) is 37.3 Å². The highest BCUT2D eigenvalue weighted by atomic mass is 16.4. The van der Waals surface area contributed by atoms with E-state index in [0.717, 1.165) is 12.0 Å². The van der Waals surface area contributed by atoms with Crippen LogP contribution in [0.2, 0.25) is 0 Å². The molecule has 0 amide bonds. The van der Waals surface area contributed by atoms with Gasteiger partial charge in [0.15, 0.2) is 0 Å². The molecule has 1 atom stereocenters. The van der Waals surface area contributed by atoms with E-state index in [2.05, 4.69) is 32.9 Å². The minimum atomic E-state index is -0.901. The van der Waals surface area contributed by atoms with Crippen LogP contribution in [0.4, 0.5) is 0 Å². The van der Waals surface area contributed by atoms with Crippen LogP contribution in [0.25, 0.3) is 0 Å². The number of carboxylic acid groups (broad SMARTS) is 1. The molecule has 1 N–H and O–H groups in total. The maximum atomic E-state index is 10.6. The molecule has 2 aliphatic rings. The number of rotatable bonds is 4. The highest BCUT2D eigenvalue weighted by molar-refractivity contribution is 5.81. The van der Waals surface area contributed by atoms with Gasteiger partial charge in [0.25, 0.3) is 0 Å². The smallest absolute Gasteiger partial charge is 0.328 e. The largest absolute Gasteiger partial charge is 0.478 e. The first-order valence-corrected chi connectivity index (χ1v) is 8.49. The van der Waals surface area contributed by atoms with Crippen molar-refractivity contribution in [2.75, 3.05) is 0 Å². The van der Waals surface area contributed by atoms with Crippen molar-refractivity contribution in [1.29, 1.82) is 0 Å². The monoisotopic (exact) mass is 312 g/mol. The van der Waals surface area contributed by atoms with Crippen molar-refractivity contribution in [2.24, 2.45) is 5.41 Å². The van der Waals surface area contributed by atoms with Crippen LogP contribution in [-0.4, -0.2) is 11.1 Å². The molecule has 0 heterocycles. The average molecular weight is 312 g/mol. The lowest BCUT2D eigenvalue weighted by Crippen LogP contribution is -2.26. The standard InChI is InChI=1S/C21H28O2/c1-15(13-20(22)23)7-5-8-16(2)18-10-12-21(4)11-6-9-17(3)19(21)14-18/h5,7-8,13-14H,6,9-12H2,1-4H3,(H,22,23)/b7-5+,15-13+,16-8-. The molecule has 0 aromatic carbocycles. The molecule has 0 saturated heterocycles. The van der Waals surface area contributed by atoms with Crippen molar-refractivity contribution in [2.45, 2.75) is 59.8 Å². The fourth-order valence-corrected chi connectivity index (χ4v) is 3.75. The third-order valence-corrected chi connectivity index (χ3v) is 5.22. The van der Waals surface area contributed by atoms with Crippen molar-refractivity contribution in [1.82, 2.24) is 0 Å². The third-order valence-electron chi connectivity index (χ3n) is 5.22. The first kappa shape index (κ1) is 17.5. The summed E-state index contributed by atoms with van der Waals surface area (Å²) in [7, 11) is 0. The van der Waals surface area contributed by atoms with Crippen LogP contribution in [0.3, 0.4) is 0 Å². The van der Waals surface area contributed by atoms with Gasteiger partial charge in [0.2, 0.25) is 0 Å². The summed E-state index contributed by atoms with van der Waals surface area (Å²) in [5.74, 6) is -0.901. The van der Waals surface area contributed by atoms with Gasteiger partial charge >= 0.3 is 5.97 Å². The summed E-state index contributed by atoms with van der Waals surface area (Å²) in [6.45, 7) is 8.64. The van der Waals surface area contributed by atoms with E-state index in [1.165, 1.54) is 42.9 Å². The molecule has 124 valence electrons. The van der Waals surface area contributed by atoms with Crippen molar-refractivity contribution in [3.63, 3.8) is 0 Å². The summed E-state index contributed by atoms with van der Waals surface area (Å²) < 4.78 is 0. The Hall–Kier alpha value is -1.83. The van der Waals surface area contributed by atoms with Crippen LogP contribution in [0.1, 0.15) is 59.8 Å². The molecule has 0 aromatic rings. The lowest BCUT2D eigenvalue weighted by molar-refractivity contribution is -0.131. The lowest BCUT2D eigenvalue weighted by atomic mass is 9.65. The summed E-state index contributed by atoms with van der Waals surface area (Å²) in [5.41, 5.74) is 6.93. The first-order valence-electron chi connectivity index (χ1n) is 8.49. The van der Waals surface area contributed by atoms with Gasteiger partial charge < -0.3 is 5.11 Å². The van der Waals surface area contributed by atoms with Gasteiger partial charge in [-0.2, -0.15) is 0 Å². The zero-order valence-electron chi connectivity index (χ0n) is 14.8. The van der Waals surface area contributed by atoms with E-state index in [1.807, 2.05) is 12.2 Å². The van der Waals surface area contributed by atoms with Crippen molar-refractivity contribution < 1.29 is 9.90 Å². The normalized spacial score (nSPS) is 26.3. The average Bonchev–Trinajstić information content (AvgIpc) is 2.46. The molecule has 2 heteroatoms. The number of carboxylic acids is 1. The quantitative estimate of drug-likeness (QED) is 0.530. The first-order chi connectivity index (χ1) is 10.8. The molecule has 0 bridgehead atoms. The summed E-state index contributed by atoms with van der Waals surface area (Å²) in [6, 6.07) is 0. The molecular formula is C21H28O2. The number of hydrogen-bond donors (Lipinski definition) is 1. The van der Waals surface area contributed by atoms with Gasteiger partial charge in [-0.15, -0.1) is 0 Å². The van der Waals surface area contributed by atoms with E-state index in [1.54, 1.807) is 18.1 Å². The maximum absolute atomic E-state index is 10.6. The second kappa shape index (κ2) is 7.16. The van der Waals surface area contributed by atoms with Crippen LogP contribution >= 0.6 is 0 Å². The lowest BCUT2D eigenvalue weighted by Gasteiger charge is -2.40. The number of fused-ring (bicyclic) bond motifs is 1. The molecule has 23 heavy (non-hydrogen) atoms. The Morgan fingerprint density at radius 2 is 2.00 bits per heavy atom. The Morgan fingerprint density at radius 3 is 2.70 bits per heavy atom. The number of carbonyl (C=O) groups is 1. The Balaban J connectivity index is 2.19. The molecule has 0 radical (unpaired) electrons. The molecule has 1 unspecified atom stereocenters. The van der Waals surface area contributed by atoms with E-state index in [0.29, 0.717) is 5.41 Å². The molecule has 0 spiro atoms. The van der Waals surface area contributed by atoms with Gasteiger partial charge in [-0.1, -0.05) is 36.8 Å². The molecular weight excluding hydrogens is 284 g/mol. The number of allylic oxidation sites excluding steroid dienone is 9. The van der Waals surface area contributed by atoms with E-state index in [-0.39, 0.29) is 0 Å². The number of aliphatic carboxylic acids is 1. The van der Waals surface area contributed by atoms with Crippen molar-refractivity contribution in [3.8, 4) is 0 Å². The maximum Gasteiger partial charge on any atom is 0.328 e. The number of hydrogen-bond acceptors (Lipinski definition) is 1. The molecule has 0 aliphatic heterocycles. The van der Waals surface area contributed by atoms with Gasteiger partial charge in [-0.3, -0.25) is 0 Å². The van der Waals surface area contributed by atoms with E-state index < -0.39 is 5.97 Å². The van der Waals surface area contributed by atoms with Crippen LogP contribution < -0.4 is 0 Å². The second-order valence-electron chi connectivity index (χ2n) is 7.21. The van der Waals surface area contributed by atoms with Crippen molar-refractivity contribution >= 4 is 5.97 Å². The molecule has 0 saturated carbocycles. The second-order valence-corrected chi connectivity index (χ2v) is 7.21. The van der Waals surface area contributed by atoms with E-state index in [4.69, 9.17) is 5.11 Å². The molecule has 0 aromatic heterocycles. The zero-order chi connectivity index (χ0) is 17.0. The predicted molar refractivity (Wildman–Crippen MR) is 96.3 cm³/mol. The Morgan fingerprint density at radius 1 is 1.26 bits per heavy atom. The van der Waals surface area contributed by atoms with Crippen LogP contribution in [-0.2, 0) is 4.79 Å². The Labute approximate surface area is 140 Å². The van der Waals surface area contributed by atoms with Gasteiger partial charge in [0.1, 0.15) is 0 Å².